The molecule has 0 spiro atoms. The van der Waals surface area contributed by atoms with Crippen molar-refractivity contribution in [1.82, 2.24) is 10.6 Å². The number of carbonyl (C=O) groups excluding carboxylic acids is 1. The molecule has 1 aromatic carbocycles. The van der Waals surface area contributed by atoms with Crippen molar-refractivity contribution in [3.63, 3.8) is 0 Å². The molecule has 120 valence electrons. The summed E-state index contributed by atoms with van der Waals surface area (Å²) < 4.78 is 0. The highest BCUT2D eigenvalue weighted by molar-refractivity contribution is 6.30. The quantitative estimate of drug-likeness (QED) is 0.891. The Hall–Kier alpha value is -1.06. The first-order chi connectivity index (χ1) is 10.5. The van der Waals surface area contributed by atoms with Gasteiger partial charge in [-0.25, -0.2) is 0 Å². The maximum absolute atomic E-state index is 12.7. The zero-order valence-corrected chi connectivity index (χ0v) is 14.1. The van der Waals surface area contributed by atoms with E-state index in [1.807, 2.05) is 24.3 Å². The van der Waals surface area contributed by atoms with Gasteiger partial charge in [0.2, 0.25) is 5.91 Å². The Morgan fingerprint density at radius 3 is 2.55 bits per heavy atom. The molecule has 2 fully saturated rings. The van der Waals surface area contributed by atoms with Gasteiger partial charge >= 0.3 is 0 Å². The summed E-state index contributed by atoms with van der Waals surface area (Å²) >= 11 is 5.99. The van der Waals surface area contributed by atoms with Crippen molar-refractivity contribution in [2.75, 3.05) is 6.54 Å². The van der Waals surface area contributed by atoms with E-state index in [9.17, 15) is 4.79 Å². The summed E-state index contributed by atoms with van der Waals surface area (Å²) in [4.78, 5) is 12.7. The minimum absolute atomic E-state index is 0.130. The van der Waals surface area contributed by atoms with Crippen LogP contribution in [0.2, 0.25) is 5.02 Å². The average molecular weight is 321 g/mol. The summed E-state index contributed by atoms with van der Waals surface area (Å²) in [7, 11) is 0. The van der Waals surface area contributed by atoms with Gasteiger partial charge in [0.15, 0.2) is 0 Å². The number of hydrogen-bond donors (Lipinski definition) is 2. The predicted octanol–water partition coefficient (Wildman–Crippen LogP) is 3.54. The molecule has 0 radical (unpaired) electrons. The van der Waals surface area contributed by atoms with Crippen LogP contribution in [0.25, 0.3) is 0 Å². The van der Waals surface area contributed by atoms with E-state index in [-0.39, 0.29) is 17.9 Å². The molecule has 2 N–H and O–H groups in total. The summed E-state index contributed by atoms with van der Waals surface area (Å²) in [6, 6.07) is 8.47. The van der Waals surface area contributed by atoms with Crippen molar-refractivity contribution < 1.29 is 4.79 Å². The molecule has 0 aromatic heterocycles. The summed E-state index contributed by atoms with van der Waals surface area (Å²) in [5.74, 6) is 1.60. The van der Waals surface area contributed by atoms with E-state index in [1.54, 1.807) is 0 Å². The Kier molecular flexibility index (Phi) is 4.74. The number of rotatable bonds is 4. The smallest absolute Gasteiger partial charge is 0.223 e. The van der Waals surface area contributed by atoms with Crippen LogP contribution in [0.5, 0.6) is 0 Å². The van der Waals surface area contributed by atoms with E-state index in [1.165, 1.54) is 12.0 Å². The topological polar surface area (TPSA) is 41.1 Å². The maximum Gasteiger partial charge on any atom is 0.223 e. The molecule has 1 heterocycles. The number of halogens is 1. The molecule has 1 saturated carbocycles. The average Bonchev–Trinajstić information content (AvgIpc) is 3.22. The Labute approximate surface area is 137 Å². The highest BCUT2D eigenvalue weighted by atomic mass is 35.5. The lowest BCUT2D eigenvalue weighted by molar-refractivity contribution is -0.127. The van der Waals surface area contributed by atoms with Gasteiger partial charge in [-0.3, -0.25) is 4.79 Å². The molecule has 3 unspecified atom stereocenters. The second kappa shape index (κ2) is 6.59. The second-order valence-electron chi connectivity index (χ2n) is 6.99. The van der Waals surface area contributed by atoms with Gasteiger partial charge in [0.25, 0.3) is 0 Å². The van der Waals surface area contributed by atoms with Crippen LogP contribution in [0.4, 0.5) is 0 Å². The number of benzene rings is 1. The van der Waals surface area contributed by atoms with Gasteiger partial charge in [-0.15, -0.1) is 0 Å². The molecule has 2 aliphatic rings. The molecule has 3 rings (SSSR count). The number of carbonyl (C=O) groups is 1. The first-order valence-electron chi connectivity index (χ1n) is 8.34. The van der Waals surface area contributed by atoms with Gasteiger partial charge in [-0.05, 0) is 62.3 Å². The van der Waals surface area contributed by atoms with Crippen molar-refractivity contribution in [3.8, 4) is 0 Å². The summed E-state index contributed by atoms with van der Waals surface area (Å²) in [6.07, 6.45) is 3.05. The lowest BCUT2D eigenvalue weighted by atomic mass is 9.91. The Bertz CT molecular complexity index is 530. The SMILES string of the molecule is CC1CC1C(NC(=O)[C@H]1CCN[C@@H](C)C1)c1ccc(Cl)cc1. The zero-order chi connectivity index (χ0) is 15.7. The zero-order valence-electron chi connectivity index (χ0n) is 13.3. The third-order valence-electron chi connectivity index (χ3n) is 5.12. The van der Waals surface area contributed by atoms with Crippen LogP contribution in [0.1, 0.15) is 44.7 Å². The highest BCUT2D eigenvalue weighted by Gasteiger charge is 2.41. The van der Waals surface area contributed by atoms with Crippen LogP contribution in [0.15, 0.2) is 24.3 Å². The molecule has 1 aromatic rings. The number of nitrogens with one attached hydrogen (secondary N) is 2. The molecule has 1 aliphatic carbocycles. The van der Waals surface area contributed by atoms with Crippen LogP contribution >= 0.6 is 11.6 Å². The largest absolute Gasteiger partial charge is 0.349 e. The molecule has 1 aliphatic heterocycles. The fraction of sp³-hybridized carbons (Fsp3) is 0.611. The lowest BCUT2D eigenvalue weighted by Gasteiger charge is -2.29. The molecule has 4 heteroatoms. The van der Waals surface area contributed by atoms with E-state index in [2.05, 4.69) is 24.5 Å². The third kappa shape index (κ3) is 3.64. The van der Waals surface area contributed by atoms with Crippen molar-refractivity contribution in [2.24, 2.45) is 17.8 Å². The Morgan fingerprint density at radius 2 is 1.95 bits per heavy atom. The Balaban J connectivity index is 1.70. The van der Waals surface area contributed by atoms with Crippen LogP contribution in [0.3, 0.4) is 0 Å². The molecule has 5 atom stereocenters. The normalized spacial score (nSPS) is 32.3. The minimum atomic E-state index is 0.130. The van der Waals surface area contributed by atoms with Crippen molar-refractivity contribution in [3.05, 3.63) is 34.9 Å². The highest BCUT2D eigenvalue weighted by Crippen LogP contribution is 2.47. The fourth-order valence-corrected chi connectivity index (χ4v) is 3.69. The van der Waals surface area contributed by atoms with Crippen molar-refractivity contribution in [2.45, 2.75) is 45.2 Å². The summed E-state index contributed by atoms with van der Waals surface area (Å²) in [5.41, 5.74) is 1.18. The summed E-state index contributed by atoms with van der Waals surface area (Å²) in [5, 5.41) is 7.47. The van der Waals surface area contributed by atoms with E-state index in [4.69, 9.17) is 11.6 Å². The number of hydrogen-bond acceptors (Lipinski definition) is 2. The number of piperidine rings is 1. The lowest BCUT2D eigenvalue weighted by Crippen LogP contribution is -2.43. The van der Waals surface area contributed by atoms with Crippen LogP contribution in [-0.2, 0) is 4.79 Å². The minimum Gasteiger partial charge on any atom is -0.349 e. The van der Waals surface area contributed by atoms with Crippen LogP contribution in [-0.4, -0.2) is 18.5 Å². The monoisotopic (exact) mass is 320 g/mol. The predicted molar refractivity (Wildman–Crippen MR) is 89.8 cm³/mol. The molecular weight excluding hydrogens is 296 g/mol. The second-order valence-corrected chi connectivity index (χ2v) is 7.43. The van der Waals surface area contributed by atoms with E-state index < -0.39 is 0 Å². The fourth-order valence-electron chi connectivity index (χ4n) is 3.56. The van der Waals surface area contributed by atoms with E-state index in [0.717, 1.165) is 24.4 Å². The van der Waals surface area contributed by atoms with E-state index >= 15 is 0 Å². The molecule has 3 nitrogen and oxygen atoms in total. The molecular formula is C18H25ClN2O. The van der Waals surface area contributed by atoms with Crippen LogP contribution < -0.4 is 10.6 Å². The molecule has 0 bridgehead atoms. The standard InChI is InChI=1S/C18H25ClN2O/c1-11-9-16(11)17(13-3-5-15(19)6-4-13)21-18(22)14-7-8-20-12(2)10-14/h3-6,11-12,14,16-17,20H,7-10H2,1-2H3,(H,21,22)/t11?,12-,14-,16?,17?/m0/s1. The van der Waals surface area contributed by atoms with Gasteiger partial charge in [-0.2, -0.15) is 0 Å². The third-order valence-corrected chi connectivity index (χ3v) is 5.37. The number of amides is 1. The maximum atomic E-state index is 12.7. The summed E-state index contributed by atoms with van der Waals surface area (Å²) in [6.45, 7) is 5.34. The molecule has 1 saturated heterocycles. The molecule has 1 amide bonds. The van der Waals surface area contributed by atoms with Gasteiger partial charge in [-0.1, -0.05) is 30.7 Å². The van der Waals surface area contributed by atoms with E-state index in [0.29, 0.717) is 17.9 Å². The van der Waals surface area contributed by atoms with Crippen LogP contribution in [0, 0.1) is 17.8 Å². The Morgan fingerprint density at radius 1 is 1.27 bits per heavy atom. The van der Waals surface area contributed by atoms with Gasteiger partial charge in [0.1, 0.15) is 0 Å². The molecule has 22 heavy (non-hydrogen) atoms. The van der Waals surface area contributed by atoms with Crippen molar-refractivity contribution in [1.29, 1.82) is 0 Å². The van der Waals surface area contributed by atoms with Gasteiger partial charge < -0.3 is 10.6 Å². The first-order valence-corrected chi connectivity index (χ1v) is 8.71. The van der Waals surface area contributed by atoms with Crippen molar-refractivity contribution >= 4 is 17.5 Å². The van der Waals surface area contributed by atoms with Gasteiger partial charge in [0.05, 0.1) is 6.04 Å². The first kappa shape index (κ1) is 15.8. The van der Waals surface area contributed by atoms with Gasteiger partial charge in [0, 0.05) is 17.0 Å².